The predicted octanol–water partition coefficient (Wildman–Crippen LogP) is 0.511. The minimum absolute atomic E-state index is 0.399. The highest BCUT2D eigenvalue weighted by Gasteiger charge is 2.36. The molecule has 2 rings (SSSR count). The summed E-state index contributed by atoms with van der Waals surface area (Å²) in [7, 11) is 1.90. The van der Waals surface area contributed by atoms with Crippen molar-refractivity contribution >= 4 is 17.3 Å². The van der Waals surface area contributed by atoms with Gasteiger partial charge in [-0.1, -0.05) is 12.1 Å². The molecule has 0 aliphatic carbocycles. The summed E-state index contributed by atoms with van der Waals surface area (Å²) < 4.78 is 0. The van der Waals surface area contributed by atoms with Crippen LogP contribution in [0.4, 0.5) is 11.4 Å². The number of piperidine rings is 1. The topological polar surface area (TPSA) is 84.4 Å². The molecule has 0 radical (unpaired) electrons. The first-order valence-electron chi connectivity index (χ1n) is 6.17. The number of rotatable bonds is 3. The van der Waals surface area contributed by atoms with Crippen molar-refractivity contribution in [3.63, 3.8) is 0 Å². The van der Waals surface area contributed by atoms with Gasteiger partial charge in [-0.2, -0.15) is 0 Å². The number of primary amides is 1. The Bertz CT molecular complexity index is 438. The fourth-order valence-electron chi connectivity index (χ4n) is 2.35. The van der Waals surface area contributed by atoms with Gasteiger partial charge in [-0.25, -0.2) is 0 Å². The van der Waals surface area contributed by atoms with Crippen LogP contribution in [-0.4, -0.2) is 31.6 Å². The van der Waals surface area contributed by atoms with Gasteiger partial charge in [0.15, 0.2) is 0 Å². The zero-order valence-corrected chi connectivity index (χ0v) is 10.6. The first kappa shape index (κ1) is 12.7. The Kier molecular flexibility index (Phi) is 3.43. The number of hydrogen-bond donors (Lipinski definition) is 3. The van der Waals surface area contributed by atoms with Crippen molar-refractivity contribution in [3.8, 4) is 0 Å². The van der Waals surface area contributed by atoms with E-state index < -0.39 is 11.4 Å². The number of nitrogens with two attached hydrogens (primary N) is 2. The summed E-state index contributed by atoms with van der Waals surface area (Å²) in [5.74, 6) is -0.399. The van der Waals surface area contributed by atoms with Crippen molar-refractivity contribution in [2.24, 2.45) is 11.5 Å². The smallest absolute Gasteiger partial charge is 0.237 e. The normalized spacial score (nSPS) is 18.4. The van der Waals surface area contributed by atoms with Crippen LogP contribution in [0.3, 0.4) is 0 Å². The molecule has 5 N–H and O–H groups in total. The van der Waals surface area contributed by atoms with Crippen molar-refractivity contribution in [2.45, 2.75) is 18.4 Å². The molecule has 0 bridgehead atoms. The molecule has 0 atom stereocenters. The second-order valence-electron chi connectivity index (χ2n) is 4.77. The van der Waals surface area contributed by atoms with Gasteiger partial charge in [0, 0.05) is 20.1 Å². The number of benzene rings is 1. The van der Waals surface area contributed by atoms with Crippen LogP contribution in [0.5, 0.6) is 0 Å². The van der Waals surface area contributed by atoms with E-state index in [2.05, 4.69) is 16.3 Å². The van der Waals surface area contributed by atoms with Crippen molar-refractivity contribution < 1.29 is 4.79 Å². The Morgan fingerprint density at radius 1 is 1.33 bits per heavy atom. The number of para-hydroxylation sites is 2. The van der Waals surface area contributed by atoms with E-state index >= 15 is 0 Å². The lowest BCUT2D eigenvalue weighted by Crippen LogP contribution is -2.58. The van der Waals surface area contributed by atoms with E-state index in [1.807, 2.05) is 25.2 Å². The molecule has 98 valence electrons. The third-order valence-corrected chi connectivity index (χ3v) is 3.66. The number of anilines is 2. The van der Waals surface area contributed by atoms with E-state index in [1.54, 1.807) is 0 Å². The minimum Gasteiger partial charge on any atom is -0.386 e. The zero-order chi connectivity index (χ0) is 13.2. The monoisotopic (exact) mass is 248 g/mol. The average Bonchev–Trinajstić information content (AvgIpc) is 2.39. The van der Waals surface area contributed by atoms with Crippen molar-refractivity contribution in [2.75, 3.05) is 30.4 Å². The summed E-state index contributed by atoms with van der Waals surface area (Å²) in [6.07, 6.45) is 1.20. The number of nitrogens with zero attached hydrogens (tertiary/aromatic N) is 1. The molecular formula is C13H20N4O. The van der Waals surface area contributed by atoms with Crippen molar-refractivity contribution in [3.05, 3.63) is 24.3 Å². The van der Waals surface area contributed by atoms with Crippen LogP contribution in [-0.2, 0) is 4.79 Å². The molecule has 1 fully saturated rings. The largest absolute Gasteiger partial charge is 0.386 e. The van der Waals surface area contributed by atoms with E-state index in [1.165, 1.54) is 0 Å². The van der Waals surface area contributed by atoms with Gasteiger partial charge in [0.2, 0.25) is 5.91 Å². The number of amides is 1. The Hall–Kier alpha value is -1.75. The average molecular weight is 248 g/mol. The summed E-state index contributed by atoms with van der Waals surface area (Å²) >= 11 is 0. The predicted molar refractivity (Wildman–Crippen MR) is 73.5 cm³/mol. The van der Waals surface area contributed by atoms with E-state index in [0.29, 0.717) is 12.8 Å². The Labute approximate surface area is 107 Å². The zero-order valence-electron chi connectivity index (χ0n) is 10.6. The fraction of sp³-hybridized carbons (Fsp3) is 0.462. The lowest BCUT2D eigenvalue weighted by molar-refractivity contribution is -0.123. The molecule has 0 saturated carbocycles. The lowest BCUT2D eigenvalue weighted by atomic mass is 9.87. The summed E-state index contributed by atoms with van der Waals surface area (Å²) in [6, 6.07) is 8.11. The molecule has 1 aliphatic heterocycles. The SMILES string of the molecule is CNc1ccccc1N1CCC(N)(C(N)=O)CC1. The van der Waals surface area contributed by atoms with Crippen LogP contribution in [0.15, 0.2) is 24.3 Å². The standard InChI is InChI=1S/C13H20N4O/c1-16-10-4-2-3-5-11(10)17-8-6-13(15,7-9-17)12(14)18/h2-5,16H,6-9,15H2,1H3,(H2,14,18). The van der Waals surface area contributed by atoms with E-state index in [0.717, 1.165) is 24.5 Å². The molecule has 0 spiro atoms. The lowest BCUT2D eigenvalue weighted by Gasteiger charge is -2.38. The van der Waals surface area contributed by atoms with Gasteiger partial charge >= 0.3 is 0 Å². The van der Waals surface area contributed by atoms with Crippen molar-refractivity contribution in [1.82, 2.24) is 0 Å². The summed E-state index contributed by atoms with van der Waals surface area (Å²) in [5, 5.41) is 3.17. The van der Waals surface area contributed by atoms with Gasteiger partial charge in [-0.15, -0.1) is 0 Å². The molecule has 0 unspecified atom stereocenters. The second kappa shape index (κ2) is 4.86. The molecule has 5 heteroatoms. The third-order valence-electron chi connectivity index (χ3n) is 3.66. The molecule has 1 amide bonds. The maximum atomic E-state index is 11.3. The van der Waals surface area contributed by atoms with E-state index in [4.69, 9.17) is 11.5 Å². The number of nitrogens with one attached hydrogen (secondary N) is 1. The number of carbonyl (C=O) groups excluding carboxylic acids is 1. The van der Waals surface area contributed by atoms with Crippen LogP contribution in [0.1, 0.15) is 12.8 Å². The van der Waals surface area contributed by atoms with E-state index in [9.17, 15) is 4.79 Å². The molecule has 1 aromatic carbocycles. The molecular weight excluding hydrogens is 228 g/mol. The molecule has 5 nitrogen and oxygen atoms in total. The Morgan fingerprint density at radius 3 is 2.50 bits per heavy atom. The maximum Gasteiger partial charge on any atom is 0.237 e. The van der Waals surface area contributed by atoms with Crippen LogP contribution in [0.25, 0.3) is 0 Å². The minimum atomic E-state index is -0.842. The van der Waals surface area contributed by atoms with Crippen LogP contribution < -0.4 is 21.7 Å². The molecule has 1 saturated heterocycles. The molecule has 1 heterocycles. The van der Waals surface area contributed by atoms with Gasteiger partial charge in [0.05, 0.1) is 16.9 Å². The first-order chi connectivity index (χ1) is 8.57. The quantitative estimate of drug-likeness (QED) is 0.727. The highest BCUT2D eigenvalue weighted by atomic mass is 16.1. The third kappa shape index (κ3) is 2.26. The van der Waals surface area contributed by atoms with Gasteiger partial charge in [0.25, 0.3) is 0 Å². The highest BCUT2D eigenvalue weighted by molar-refractivity contribution is 5.85. The second-order valence-corrected chi connectivity index (χ2v) is 4.77. The summed E-state index contributed by atoms with van der Waals surface area (Å²) in [5.41, 5.74) is 12.7. The summed E-state index contributed by atoms with van der Waals surface area (Å²) in [6.45, 7) is 1.50. The highest BCUT2D eigenvalue weighted by Crippen LogP contribution is 2.29. The Morgan fingerprint density at radius 2 is 1.94 bits per heavy atom. The van der Waals surface area contributed by atoms with Crippen LogP contribution in [0, 0.1) is 0 Å². The van der Waals surface area contributed by atoms with Crippen LogP contribution >= 0.6 is 0 Å². The molecule has 1 aromatic rings. The summed E-state index contributed by atoms with van der Waals surface area (Å²) in [4.78, 5) is 13.5. The van der Waals surface area contributed by atoms with Gasteiger partial charge in [-0.05, 0) is 25.0 Å². The molecule has 0 aromatic heterocycles. The maximum absolute atomic E-state index is 11.3. The van der Waals surface area contributed by atoms with Gasteiger partial charge in [0.1, 0.15) is 0 Å². The van der Waals surface area contributed by atoms with Crippen LogP contribution in [0.2, 0.25) is 0 Å². The van der Waals surface area contributed by atoms with E-state index in [-0.39, 0.29) is 0 Å². The first-order valence-corrected chi connectivity index (χ1v) is 6.17. The number of carbonyl (C=O) groups is 1. The molecule has 18 heavy (non-hydrogen) atoms. The van der Waals surface area contributed by atoms with Gasteiger partial charge in [-0.3, -0.25) is 4.79 Å². The Balaban J connectivity index is 2.12. The number of hydrogen-bond acceptors (Lipinski definition) is 4. The fourth-order valence-corrected chi connectivity index (χ4v) is 2.35. The van der Waals surface area contributed by atoms with Crippen molar-refractivity contribution in [1.29, 1.82) is 0 Å². The molecule has 1 aliphatic rings. The van der Waals surface area contributed by atoms with Gasteiger partial charge < -0.3 is 21.7 Å².